The summed E-state index contributed by atoms with van der Waals surface area (Å²) in [4.78, 5) is 25.2. The van der Waals surface area contributed by atoms with Crippen LogP contribution in [0.2, 0.25) is 0 Å². The van der Waals surface area contributed by atoms with Gasteiger partial charge in [0.05, 0.1) is 0 Å². The summed E-state index contributed by atoms with van der Waals surface area (Å²) in [6.07, 6.45) is 7.47. The van der Waals surface area contributed by atoms with Crippen LogP contribution < -0.4 is 5.32 Å². The van der Waals surface area contributed by atoms with E-state index in [0.717, 1.165) is 19.3 Å². The molecule has 1 saturated heterocycles. The van der Waals surface area contributed by atoms with E-state index in [0.29, 0.717) is 25.4 Å². The first-order valence-electron chi connectivity index (χ1n) is 8.18. The number of urea groups is 1. The van der Waals surface area contributed by atoms with Crippen LogP contribution in [0.4, 0.5) is 4.79 Å². The molecule has 2 aliphatic rings. The molecule has 1 heterocycles. The highest BCUT2D eigenvalue weighted by atomic mass is 16.4. The largest absolute Gasteiger partial charge is 0.480 e. The number of hydrogen-bond donors (Lipinski definition) is 2. The highest BCUT2D eigenvalue weighted by molar-refractivity contribution is 5.82. The molecule has 0 bridgehead atoms. The molecule has 0 aromatic rings. The summed E-state index contributed by atoms with van der Waals surface area (Å²) in [5, 5.41) is 12.3. The zero-order valence-electron chi connectivity index (χ0n) is 13.2. The number of likely N-dealkylation sites (tertiary alicyclic amines) is 1. The Kier molecular flexibility index (Phi) is 5.12. The molecule has 2 rings (SSSR count). The van der Waals surface area contributed by atoms with E-state index in [9.17, 15) is 14.7 Å². The summed E-state index contributed by atoms with van der Waals surface area (Å²) in [6, 6.07) is -0.881. The van der Waals surface area contributed by atoms with Gasteiger partial charge in [0.25, 0.3) is 0 Å². The van der Waals surface area contributed by atoms with Gasteiger partial charge in [-0.25, -0.2) is 9.59 Å². The second kappa shape index (κ2) is 6.67. The van der Waals surface area contributed by atoms with Crippen molar-refractivity contribution in [1.29, 1.82) is 0 Å². The first kappa shape index (κ1) is 16.1. The summed E-state index contributed by atoms with van der Waals surface area (Å²) in [5.74, 6) is -0.522. The van der Waals surface area contributed by atoms with Gasteiger partial charge in [0.1, 0.15) is 6.04 Å². The van der Waals surface area contributed by atoms with Gasteiger partial charge >= 0.3 is 12.0 Å². The first-order chi connectivity index (χ1) is 9.91. The van der Waals surface area contributed by atoms with Crippen molar-refractivity contribution in [2.75, 3.05) is 13.1 Å². The van der Waals surface area contributed by atoms with Gasteiger partial charge < -0.3 is 15.3 Å². The summed E-state index contributed by atoms with van der Waals surface area (Å²) >= 11 is 0. The minimum atomic E-state index is -0.888. The number of carbonyl (C=O) groups excluding carboxylic acids is 1. The highest BCUT2D eigenvalue weighted by Crippen LogP contribution is 2.35. The summed E-state index contributed by atoms with van der Waals surface area (Å²) < 4.78 is 0. The number of piperidine rings is 1. The van der Waals surface area contributed by atoms with Crippen LogP contribution in [-0.2, 0) is 4.79 Å². The van der Waals surface area contributed by atoms with Crippen LogP contribution in [0.1, 0.15) is 58.8 Å². The van der Waals surface area contributed by atoms with E-state index in [1.807, 2.05) is 6.92 Å². The van der Waals surface area contributed by atoms with Crippen LogP contribution in [-0.4, -0.2) is 41.1 Å². The Hall–Kier alpha value is -1.26. The quantitative estimate of drug-likeness (QED) is 0.841. The fourth-order valence-electron chi connectivity index (χ4n) is 3.59. The van der Waals surface area contributed by atoms with E-state index in [2.05, 4.69) is 12.2 Å². The van der Waals surface area contributed by atoms with Crippen molar-refractivity contribution in [1.82, 2.24) is 10.2 Å². The topological polar surface area (TPSA) is 69.6 Å². The van der Waals surface area contributed by atoms with Crippen molar-refractivity contribution in [3.63, 3.8) is 0 Å². The molecule has 5 heteroatoms. The second-order valence-electron chi connectivity index (χ2n) is 7.21. The first-order valence-corrected chi connectivity index (χ1v) is 8.18. The van der Waals surface area contributed by atoms with Gasteiger partial charge in [-0.1, -0.05) is 33.1 Å². The number of rotatable bonds is 3. The van der Waals surface area contributed by atoms with Gasteiger partial charge in [-0.05, 0) is 37.0 Å². The van der Waals surface area contributed by atoms with E-state index in [-0.39, 0.29) is 11.4 Å². The third-order valence-electron chi connectivity index (χ3n) is 5.14. The van der Waals surface area contributed by atoms with E-state index in [4.69, 9.17) is 0 Å². The van der Waals surface area contributed by atoms with Crippen molar-refractivity contribution in [3.05, 3.63) is 0 Å². The minimum absolute atomic E-state index is 0.176. The standard InChI is InChI=1S/C16H28N2O3/c1-12-6-9-18(13(10-12)14(19)20)15(21)17-11-16(2)7-4-3-5-8-16/h12-13H,3-11H2,1-2H3,(H,17,21)(H,19,20). The van der Waals surface area contributed by atoms with Gasteiger partial charge in [0.2, 0.25) is 0 Å². The Morgan fingerprint density at radius 3 is 2.57 bits per heavy atom. The van der Waals surface area contributed by atoms with Crippen LogP contribution in [0.3, 0.4) is 0 Å². The number of hydrogen-bond acceptors (Lipinski definition) is 2. The molecule has 1 saturated carbocycles. The average molecular weight is 296 g/mol. The van der Waals surface area contributed by atoms with Gasteiger partial charge in [-0.15, -0.1) is 0 Å². The molecule has 2 unspecified atom stereocenters. The fraction of sp³-hybridized carbons (Fsp3) is 0.875. The van der Waals surface area contributed by atoms with Gasteiger partial charge in [-0.3, -0.25) is 0 Å². The maximum atomic E-state index is 12.4. The van der Waals surface area contributed by atoms with Gasteiger partial charge in [-0.2, -0.15) is 0 Å². The molecule has 2 fully saturated rings. The SMILES string of the molecule is CC1CCN(C(=O)NCC2(C)CCCCC2)C(C(=O)O)C1. The number of nitrogens with one attached hydrogen (secondary N) is 1. The number of aliphatic carboxylic acids is 1. The smallest absolute Gasteiger partial charge is 0.326 e. The molecule has 120 valence electrons. The molecular formula is C16H28N2O3. The summed E-state index contributed by atoms with van der Waals surface area (Å²) in [5.41, 5.74) is 0.176. The number of carboxylic acid groups (broad SMARTS) is 1. The molecule has 0 aromatic heterocycles. The molecule has 1 aliphatic heterocycles. The molecule has 1 aliphatic carbocycles. The van der Waals surface area contributed by atoms with E-state index >= 15 is 0 Å². The monoisotopic (exact) mass is 296 g/mol. The van der Waals surface area contributed by atoms with Crippen LogP contribution in [0.25, 0.3) is 0 Å². The lowest BCUT2D eigenvalue weighted by Gasteiger charge is -2.38. The second-order valence-corrected chi connectivity index (χ2v) is 7.21. The lowest BCUT2D eigenvalue weighted by atomic mass is 9.76. The Morgan fingerprint density at radius 2 is 1.95 bits per heavy atom. The van der Waals surface area contributed by atoms with Crippen molar-refractivity contribution in [2.45, 2.75) is 64.8 Å². The van der Waals surface area contributed by atoms with E-state index < -0.39 is 12.0 Å². The lowest BCUT2D eigenvalue weighted by molar-refractivity contribution is -0.143. The van der Waals surface area contributed by atoms with Crippen molar-refractivity contribution < 1.29 is 14.7 Å². The molecule has 2 amide bonds. The number of carbonyl (C=O) groups is 2. The van der Waals surface area contributed by atoms with Crippen molar-refractivity contribution in [3.8, 4) is 0 Å². The lowest BCUT2D eigenvalue weighted by Crippen LogP contribution is -2.54. The Balaban J connectivity index is 1.90. The molecular weight excluding hydrogens is 268 g/mol. The minimum Gasteiger partial charge on any atom is -0.480 e. The fourth-order valence-corrected chi connectivity index (χ4v) is 3.59. The molecule has 0 aromatic carbocycles. The van der Waals surface area contributed by atoms with Crippen molar-refractivity contribution in [2.24, 2.45) is 11.3 Å². The van der Waals surface area contributed by atoms with Crippen LogP contribution in [0.15, 0.2) is 0 Å². The van der Waals surface area contributed by atoms with Crippen LogP contribution in [0, 0.1) is 11.3 Å². The molecule has 0 radical (unpaired) electrons. The van der Waals surface area contributed by atoms with Crippen molar-refractivity contribution >= 4 is 12.0 Å². The van der Waals surface area contributed by atoms with Gasteiger partial charge in [0.15, 0.2) is 0 Å². The Bertz CT molecular complexity index is 391. The maximum absolute atomic E-state index is 12.4. The zero-order chi connectivity index (χ0) is 15.5. The zero-order valence-corrected chi connectivity index (χ0v) is 13.2. The van der Waals surface area contributed by atoms with Crippen LogP contribution >= 0.6 is 0 Å². The molecule has 5 nitrogen and oxygen atoms in total. The maximum Gasteiger partial charge on any atom is 0.326 e. The summed E-state index contributed by atoms with van der Waals surface area (Å²) in [6.45, 7) is 5.47. The summed E-state index contributed by atoms with van der Waals surface area (Å²) in [7, 11) is 0. The number of amides is 2. The predicted octanol–water partition coefficient (Wildman–Crippen LogP) is 2.85. The third kappa shape index (κ3) is 4.11. The molecule has 2 N–H and O–H groups in total. The molecule has 21 heavy (non-hydrogen) atoms. The Morgan fingerprint density at radius 1 is 1.29 bits per heavy atom. The highest BCUT2D eigenvalue weighted by Gasteiger charge is 2.35. The Labute approximate surface area is 127 Å². The number of nitrogens with zero attached hydrogens (tertiary/aromatic N) is 1. The van der Waals surface area contributed by atoms with E-state index in [1.54, 1.807) is 0 Å². The van der Waals surface area contributed by atoms with E-state index in [1.165, 1.54) is 24.2 Å². The normalized spacial score (nSPS) is 29.0. The molecule has 2 atom stereocenters. The third-order valence-corrected chi connectivity index (χ3v) is 5.14. The number of carboxylic acids is 1. The van der Waals surface area contributed by atoms with Gasteiger partial charge in [0, 0.05) is 13.1 Å². The average Bonchev–Trinajstić information content (AvgIpc) is 2.45. The predicted molar refractivity (Wildman–Crippen MR) is 81.1 cm³/mol. The van der Waals surface area contributed by atoms with Crippen LogP contribution in [0.5, 0.6) is 0 Å². The molecule has 0 spiro atoms.